The Labute approximate surface area is 216 Å². The predicted molar refractivity (Wildman–Crippen MR) is 105 cm³/mol. The van der Waals surface area contributed by atoms with Gasteiger partial charge in [0.1, 0.15) is 23.3 Å². The molecule has 1 aliphatic rings. The molecular weight excluding hydrogens is 526 g/mol. The fourth-order valence-corrected chi connectivity index (χ4v) is 3.11. The minimum atomic E-state index is -3.61. The van der Waals surface area contributed by atoms with Crippen LogP contribution in [0.15, 0.2) is 0 Å². The van der Waals surface area contributed by atoms with Crippen LogP contribution in [0.4, 0.5) is 43.9 Å². The van der Waals surface area contributed by atoms with Gasteiger partial charge in [0.15, 0.2) is 34.9 Å². The van der Waals surface area contributed by atoms with Crippen molar-refractivity contribution in [2.75, 3.05) is 52.9 Å². The minimum absolute atomic E-state index is 0. The molecule has 0 aromatic heterocycles. The van der Waals surface area contributed by atoms with Crippen molar-refractivity contribution in [3.05, 3.63) is 58.2 Å². The van der Waals surface area contributed by atoms with Crippen LogP contribution in [0, 0.1) is 58.2 Å². The van der Waals surface area contributed by atoms with Gasteiger partial charge in [-0.25, -0.2) is 43.9 Å². The maximum atomic E-state index is 13.6. The van der Waals surface area contributed by atoms with Crippen LogP contribution in [0.25, 0.3) is 0 Å². The van der Waals surface area contributed by atoms with E-state index in [1.54, 1.807) is 0 Å². The van der Waals surface area contributed by atoms with E-state index in [-0.39, 0.29) is 18.9 Å². The van der Waals surface area contributed by atoms with E-state index in [1.165, 1.54) is 0 Å². The number of rotatable bonds is 2. The van der Waals surface area contributed by atoms with E-state index in [2.05, 4.69) is 5.64 Å². The first-order chi connectivity index (χ1) is 17.0. The molecule has 0 atom stereocenters. The first-order valence-electron chi connectivity index (χ1n) is 10.4. The topological polar surface area (TPSA) is 64.6 Å². The quantitative estimate of drug-likeness (QED) is 0.210. The normalized spacial score (nSPS) is 15.2. The van der Waals surface area contributed by atoms with Gasteiger partial charge >= 0.3 is 18.9 Å². The molecule has 2 aromatic rings. The van der Waals surface area contributed by atoms with Crippen molar-refractivity contribution < 1.29 is 87.4 Å². The fraction of sp³-hybridized carbons (Fsp3) is 0.400. The number of ether oxygens (including phenoxy) is 4. The fourth-order valence-electron chi connectivity index (χ4n) is 3.11. The molecule has 3 rings (SSSR count). The number of hydrogen-bond donors (Lipinski definition) is 1. The van der Waals surface area contributed by atoms with E-state index in [9.17, 15) is 43.9 Å². The molecule has 0 saturated carbocycles. The molecule has 1 heterocycles. The zero-order chi connectivity index (χ0) is 27.0. The van der Waals surface area contributed by atoms with Crippen LogP contribution in [-0.2, 0) is 18.9 Å². The van der Waals surface area contributed by atoms with E-state index in [0.717, 1.165) is 0 Å². The molecule has 0 amide bonds. The van der Waals surface area contributed by atoms with Crippen LogP contribution in [0.2, 0.25) is 0 Å². The summed E-state index contributed by atoms with van der Waals surface area (Å²) in [7, 11) is 0. The van der Waals surface area contributed by atoms with Gasteiger partial charge in [0.05, 0.1) is 52.9 Å². The first-order valence-corrected chi connectivity index (χ1v) is 10.4. The van der Waals surface area contributed by atoms with Crippen molar-refractivity contribution in [1.82, 2.24) is 0 Å². The minimum Gasteiger partial charge on any atom is -0.542 e. The largest absolute Gasteiger partial charge is 1.00 e. The second-order valence-corrected chi connectivity index (χ2v) is 7.22. The van der Waals surface area contributed by atoms with Gasteiger partial charge in [0.2, 0.25) is 0 Å². The molecule has 0 radical (unpaired) electrons. The Morgan fingerprint density at radius 3 is 0.730 bits per heavy atom. The van der Waals surface area contributed by atoms with Gasteiger partial charge in [0.25, 0.3) is 6.85 Å². The van der Waals surface area contributed by atoms with E-state index in [1.807, 2.05) is 0 Å². The molecule has 37 heavy (non-hydrogen) atoms. The van der Waals surface area contributed by atoms with Crippen molar-refractivity contribution in [2.45, 2.75) is 0 Å². The van der Waals surface area contributed by atoms with Crippen molar-refractivity contribution >= 4 is 17.8 Å². The summed E-state index contributed by atoms with van der Waals surface area (Å²) in [5.74, 6) is -24.7. The molecule has 1 fully saturated rings. The van der Waals surface area contributed by atoms with Gasteiger partial charge in [0, 0.05) is 0 Å². The van der Waals surface area contributed by atoms with Crippen LogP contribution in [0.1, 0.15) is 0 Å². The summed E-state index contributed by atoms with van der Waals surface area (Å²) in [6.45, 7) is 1.53. The van der Waals surface area contributed by atoms with Gasteiger partial charge in [-0.3, -0.25) is 0 Å². The number of benzene rings is 2. The molecule has 5 nitrogen and oxygen atoms in total. The molecule has 1 aliphatic heterocycles. The average Bonchev–Trinajstić information content (AvgIpc) is 2.85. The van der Waals surface area contributed by atoms with Crippen LogP contribution in [0.3, 0.4) is 0 Å². The van der Waals surface area contributed by atoms with Gasteiger partial charge in [-0.15, -0.1) is 0 Å². The molecule has 17 heteroatoms. The van der Waals surface area contributed by atoms with Crippen LogP contribution in [-0.4, -0.2) is 59.7 Å². The molecule has 202 valence electrons. The number of halogens is 10. The SMILES string of the molecule is C1COCCOCCOCCO1.[Li+].[NH3+][BH-](c1c(F)c(F)c(F)c(F)c1F)c1c(F)c(F)c(F)c(F)c1F. The van der Waals surface area contributed by atoms with Crippen molar-refractivity contribution in [1.29, 1.82) is 0 Å². The average molecular weight is 546 g/mol. The summed E-state index contributed by atoms with van der Waals surface area (Å²) in [4.78, 5) is 0. The molecule has 0 spiro atoms. The molecule has 2 aromatic carbocycles. The predicted octanol–water partition coefficient (Wildman–Crippen LogP) is -1.77. The summed E-state index contributed by atoms with van der Waals surface area (Å²) in [5.41, 5.74) is -0.653. The van der Waals surface area contributed by atoms with Gasteiger partial charge in [-0.1, -0.05) is 10.9 Å². The molecule has 1 saturated heterocycles. The monoisotopic (exact) mass is 546 g/mol. The van der Waals surface area contributed by atoms with E-state index < -0.39 is 75.9 Å². The van der Waals surface area contributed by atoms with Crippen molar-refractivity contribution in [3.8, 4) is 0 Å². The van der Waals surface area contributed by atoms with Gasteiger partial charge in [-0.05, 0) is 0 Å². The van der Waals surface area contributed by atoms with Crippen molar-refractivity contribution in [3.63, 3.8) is 0 Å². The number of quaternary nitrogens is 1. The second kappa shape index (κ2) is 15.6. The maximum absolute atomic E-state index is 13.6. The molecule has 3 N–H and O–H groups in total. The van der Waals surface area contributed by atoms with E-state index in [0.29, 0.717) is 52.9 Å². The molecule has 0 unspecified atom stereocenters. The van der Waals surface area contributed by atoms with E-state index in [4.69, 9.17) is 18.9 Å². The molecular formula is C20H20BF10LiNO4+. The summed E-state index contributed by atoms with van der Waals surface area (Å²) in [6.07, 6.45) is 0. The van der Waals surface area contributed by atoms with Crippen LogP contribution < -0.4 is 35.4 Å². The third-order valence-corrected chi connectivity index (χ3v) is 4.94. The van der Waals surface area contributed by atoms with Crippen molar-refractivity contribution in [2.24, 2.45) is 0 Å². The Morgan fingerprint density at radius 2 is 0.541 bits per heavy atom. The zero-order valence-corrected chi connectivity index (χ0v) is 19.5. The Kier molecular flexibility index (Phi) is 14.0. The molecule has 0 aliphatic carbocycles. The first kappa shape index (κ1) is 33.2. The summed E-state index contributed by atoms with van der Waals surface area (Å²) in [5, 5.41) is 0. The van der Waals surface area contributed by atoms with Gasteiger partial charge in [-0.2, -0.15) is 0 Å². The standard InChI is InChI=1S/C12H4BF10N.C8H16O4.Li/c14-3-1(4(15)8(19)11(22)7(3)18)13(24)2-5(16)9(20)12(23)10(21)6(2)17;1-2-10-5-6-12-8-7-11-4-3-9-1;/h13H,24H3;1-8H2;/q;;+1. The summed E-state index contributed by atoms with van der Waals surface area (Å²) >= 11 is 0. The molecule has 0 bridgehead atoms. The van der Waals surface area contributed by atoms with E-state index >= 15 is 0 Å². The van der Waals surface area contributed by atoms with Gasteiger partial charge < -0.3 is 24.6 Å². The third-order valence-electron chi connectivity index (χ3n) is 4.94. The van der Waals surface area contributed by atoms with Crippen LogP contribution in [0.5, 0.6) is 0 Å². The Bertz CT molecular complexity index is 898. The Balaban J connectivity index is 0.000000445. The van der Waals surface area contributed by atoms with Crippen LogP contribution >= 0.6 is 0 Å². The smallest absolute Gasteiger partial charge is 0.542 e. The number of hydrogen-bond acceptors (Lipinski definition) is 4. The Morgan fingerprint density at radius 1 is 0.378 bits per heavy atom. The third kappa shape index (κ3) is 8.09. The maximum Gasteiger partial charge on any atom is 1.00 e. The Hall–Kier alpha value is -1.80. The zero-order valence-electron chi connectivity index (χ0n) is 19.5. The summed E-state index contributed by atoms with van der Waals surface area (Å²) in [6, 6.07) is 0. The summed E-state index contributed by atoms with van der Waals surface area (Å²) < 4.78 is 154. The second-order valence-electron chi connectivity index (χ2n) is 7.22.